The fourth-order valence-corrected chi connectivity index (χ4v) is 2.80. The molecular weight excluding hydrogens is 378 g/mol. The van der Waals surface area contributed by atoms with E-state index >= 15 is 0 Å². The summed E-state index contributed by atoms with van der Waals surface area (Å²) in [5, 5.41) is 2.89. The number of ether oxygens (including phenoxy) is 2. The van der Waals surface area contributed by atoms with Gasteiger partial charge in [0.2, 0.25) is 0 Å². The minimum absolute atomic E-state index is 0.172. The largest absolute Gasteiger partial charge is 0.488 e. The monoisotopic (exact) mass is 415 g/mol. The molecule has 0 atom stereocenters. The van der Waals surface area contributed by atoms with E-state index in [0.29, 0.717) is 12.3 Å². The number of aryl methyl sites for hydroxylation is 1. The molecule has 0 saturated heterocycles. The zero-order valence-electron chi connectivity index (χ0n) is 19.3. The van der Waals surface area contributed by atoms with Crippen LogP contribution in [0.5, 0.6) is 11.5 Å². The summed E-state index contributed by atoms with van der Waals surface area (Å²) < 4.78 is 17.6. The molecule has 0 radical (unpaired) electrons. The minimum atomic E-state index is -0.245. The van der Waals surface area contributed by atoms with Crippen molar-refractivity contribution in [2.75, 3.05) is 6.54 Å². The Morgan fingerprint density at radius 1 is 1.00 bits per heavy atom. The van der Waals surface area contributed by atoms with Gasteiger partial charge in [0.1, 0.15) is 22.7 Å². The van der Waals surface area contributed by atoms with E-state index in [2.05, 4.69) is 52.9 Å². The van der Waals surface area contributed by atoms with Crippen LogP contribution in [0.3, 0.4) is 0 Å². The first-order valence-corrected chi connectivity index (χ1v) is 11.0. The Bertz CT molecular complexity index is 793. The minimum Gasteiger partial charge on any atom is -0.488 e. The molecule has 1 N–H and O–H groups in total. The Morgan fingerprint density at radius 3 is 2.33 bits per heavy atom. The fraction of sp³-hybridized carbons (Fsp3) is 0.560. The molecule has 1 amide bonds. The number of unbranched alkanes of at least 4 members (excludes halogenated alkanes) is 1. The quantitative estimate of drug-likeness (QED) is 0.421. The molecule has 2 aromatic rings. The van der Waals surface area contributed by atoms with Gasteiger partial charge in [0.15, 0.2) is 5.76 Å². The number of carbonyl (C=O) groups excluding carboxylic acids is 1. The van der Waals surface area contributed by atoms with Crippen molar-refractivity contribution in [3.05, 3.63) is 47.9 Å². The Labute approximate surface area is 181 Å². The molecule has 2 rings (SSSR count). The van der Waals surface area contributed by atoms with Gasteiger partial charge in [-0.1, -0.05) is 19.9 Å². The van der Waals surface area contributed by atoms with E-state index in [1.54, 1.807) is 12.1 Å². The van der Waals surface area contributed by atoms with Crippen LogP contribution in [0.25, 0.3) is 0 Å². The van der Waals surface area contributed by atoms with Crippen molar-refractivity contribution in [3.8, 4) is 11.5 Å². The molecule has 1 heterocycles. The molecule has 0 aliphatic rings. The van der Waals surface area contributed by atoms with Crippen molar-refractivity contribution in [1.82, 2.24) is 5.32 Å². The lowest BCUT2D eigenvalue weighted by atomic mass is 10.0. The van der Waals surface area contributed by atoms with Crippen molar-refractivity contribution in [1.29, 1.82) is 0 Å². The number of carbonyl (C=O) groups is 1. The summed E-state index contributed by atoms with van der Waals surface area (Å²) >= 11 is 0. The highest BCUT2D eigenvalue weighted by Gasteiger charge is 2.21. The normalized spacial score (nSPS) is 11.9. The second-order valence-corrected chi connectivity index (χ2v) is 8.89. The zero-order chi connectivity index (χ0) is 22.2. The topological polar surface area (TPSA) is 60.7 Å². The van der Waals surface area contributed by atoms with Gasteiger partial charge in [-0.15, -0.1) is 0 Å². The maximum Gasteiger partial charge on any atom is 0.286 e. The van der Waals surface area contributed by atoms with E-state index in [1.165, 1.54) is 6.26 Å². The van der Waals surface area contributed by atoms with E-state index in [9.17, 15) is 4.79 Å². The van der Waals surface area contributed by atoms with Crippen LogP contribution in [0, 0.1) is 0 Å². The van der Waals surface area contributed by atoms with Gasteiger partial charge in [-0.25, -0.2) is 0 Å². The Hall–Kier alpha value is -2.43. The maximum absolute atomic E-state index is 11.9. The van der Waals surface area contributed by atoms with E-state index in [-0.39, 0.29) is 17.1 Å². The molecule has 0 spiro atoms. The summed E-state index contributed by atoms with van der Waals surface area (Å²) in [5.41, 5.74) is 0.700. The maximum atomic E-state index is 11.9. The van der Waals surface area contributed by atoms with Crippen molar-refractivity contribution in [2.45, 2.75) is 84.8 Å². The first-order valence-electron chi connectivity index (χ1n) is 11.0. The Balaban J connectivity index is 1.98. The number of furan rings is 1. The molecule has 1 aromatic heterocycles. The third-order valence-electron chi connectivity index (χ3n) is 5.43. The molecule has 30 heavy (non-hydrogen) atoms. The van der Waals surface area contributed by atoms with Crippen LogP contribution in [-0.2, 0) is 6.42 Å². The summed E-state index contributed by atoms with van der Waals surface area (Å²) in [6.45, 7) is 13.2. The second kappa shape index (κ2) is 10.6. The van der Waals surface area contributed by atoms with Gasteiger partial charge in [0.05, 0.1) is 6.26 Å². The highest BCUT2D eigenvalue weighted by Crippen LogP contribution is 2.32. The molecule has 0 aliphatic carbocycles. The lowest BCUT2D eigenvalue weighted by Crippen LogP contribution is -2.28. The average Bonchev–Trinajstić information content (AvgIpc) is 3.23. The van der Waals surface area contributed by atoms with Gasteiger partial charge in [0.25, 0.3) is 5.91 Å². The van der Waals surface area contributed by atoms with Crippen LogP contribution in [0.4, 0.5) is 0 Å². The van der Waals surface area contributed by atoms with E-state index in [4.69, 9.17) is 13.9 Å². The van der Waals surface area contributed by atoms with Gasteiger partial charge in [-0.3, -0.25) is 4.79 Å². The molecule has 1 aromatic carbocycles. The number of nitrogens with one attached hydrogen (secondary N) is 1. The molecule has 166 valence electrons. The number of rotatable bonds is 12. The third-order valence-corrected chi connectivity index (χ3v) is 5.43. The predicted octanol–water partition coefficient (Wildman–Crippen LogP) is 6.17. The lowest BCUT2D eigenvalue weighted by Gasteiger charge is -2.29. The van der Waals surface area contributed by atoms with Gasteiger partial charge >= 0.3 is 0 Å². The van der Waals surface area contributed by atoms with Crippen LogP contribution in [0.15, 0.2) is 41.0 Å². The van der Waals surface area contributed by atoms with E-state index in [1.807, 2.05) is 12.1 Å². The van der Waals surface area contributed by atoms with Gasteiger partial charge < -0.3 is 19.2 Å². The number of amides is 1. The van der Waals surface area contributed by atoms with Crippen LogP contribution in [0.1, 0.15) is 83.3 Å². The van der Waals surface area contributed by atoms with Crippen LogP contribution < -0.4 is 14.8 Å². The summed E-state index contributed by atoms with van der Waals surface area (Å²) in [5.74, 6) is 1.89. The summed E-state index contributed by atoms with van der Waals surface area (Å²) in [6, 6.07) is 9.52. The molecule has 0 bridgehead atoms. The van der Waals surface area contributed by atoms with Crippen molar-refractivity contribution in [2.24, 2.45) is 0 Å². The molecule has 0 aliphatic heterocycles. The molecule has 5 heteroatoms. The highest BCUT2D eigenvalue weighted by molar-refractivity contribution is 5.91. The number of hydrogen-bond donors (Lipinski definition) is 1. The van der Waals surface area contributed by atoms with Crippen LogP contribution in [-0.4, -0.2) is 23.7 Å². The van der Waals surface area contributed by atoms with Gasteiger partial charge in [-0.05, 0) is 83.6 Å². The zero-order valence-corrected chi connectivity index (χ0v) is 19.3. The first-order chi connectivity index (χ1) is 14.2. The van der Waals surface area contributed by atoms with E-state index < -0.39 is 0 Å². The number of benzene rings is 1. The first kappa shape index (κ1) is 23.8. The molecule has 0 saturated carbocycles. The second-order valence-electron chi connectivity index (χ2n) is 8.89. The smallest absolute Gasteiger partial charge is 0.286 e. The highest BCUT2D eigenvalue weighted by atomic mass is 16.5. The van der Waals surface area contributed by atoms with Crippen LogP contribution >= 0.6 is 0 Å². The predicted molar refractivity (Wildman–Crippen MR) is 120 cm³/mol. The Kier molecular flexibility index (Phi) is 8.39. The fourth-order valence-electron chi connectivity index (χ4n) is 2.80. The van der Waals surface area contributed by atoms with Crippen molar-refractivity contribution in [3.63, 3.8) is 0 Å². The van der Waals surface area contributed by atoms with Crippen molar-refractivity contribution < 1.29 is 18.7 Å². The van der Waals surface area contributed by atoms with E-state index in [0.717, 1.165) is 49.2 Å². The summed E-state index contributed by atoms with van der Waals surface area (Å²) in [6.07, 6.45) is 6.05. The number of hydrogen-bond acceptors (Lipinski definition) is 4. The molecule has 0 unspecified atom stereocenters. The third kappa shape index (κ3) is 7.43. The summed E-state index contributed by atoms with van der Waals surface area (Å²) in [4.78, 5) is 11.9. The van der Waals surface area contributed by atoms with Crippen molar-refractivity contribution >= 4 is 5.91 Å². The average molecular weight is 416 g/mol. The SMILES string of the molecule is CCC(C)(C)Oc1ccc(CCCCNC(=O)c2ccco2)c(OC(C)(C)CC)c1. The van der Waals surface area contributed by atoms with Gasteiger partial charge in [-0.2, -0.15) is 0 Å². The standard InChI is InChI=1S/C25H37NO4/c1-7-24(3,4)29-20-15-14-19(22(18-20)30-25(5,6)8-2)12-9-10-16-26-23(27)21-13-11-17-28-21/h11,13-15,17-18H,7-10,12,16H2,1-6H3,(H,26,27). The summed E-state index contributed by atoms with van der Waals surface area (Å²) in [7, 11) is 0. The lowest BCUT2D eigenvalue weighted by molar-refractivity contribution is 0.0921. The van der Waals surface area contributed by atoms with Gasteiger partial charge in [0, 0.05) is 12.6 Å². The molecule has 0 fully saturated rings. The van der Waals surface area contributed by atoms with Crippen LogP contribution in [0.2, 0.25) is 0 Å². The molecular formula is C25H37NO4. The molecule has 5 nitrogen and oxygen atoms in total. The Morgan fingerprint density at radius 2 is 1.70 bits per heavy atom.